The fourth-order valence-electron chi connectivity index (χ4n) is 1.27. The van der Waals surface area contributed by atoms with Gasteiger partial charge in [-0.1, -0.05) is 19.1 Å². The molecule has 0 aliphatic carbocycles. The zero-order chi connectivity index (χ0) is 12.1. The third-order valence-electron chi connectivity index (χ3n) is 2.28. The van der Waals surface area contributed by atoms with Crippen molar-refractivity contribution in [3.8, 4) is 5.75 Å². The number of hydrogen-bond acceptors (Lipinski definition) is 4. The van der Waals surface area contributed by atoms with Crippen molar-refractivity contribution >= 4 is 5.69 Å². The van der Waals surface area contributed by atoms with Crippen LogP contribution in [0.25, 0.3) is 0 Å². The fraction of sp³-hybridized carbons (Fsp3) is 0.455. The molecule has 0 radical (unpaired) electrons. The van der Waals surface area contributed by atoms with E-state index in [1.165, 1.54) is 6.07 Å². The molecule has 1 aromatic rings. The number of nitro groups is 1. The van der Waals surface area contributed by atoms with Crippen LogP contribution in [0.2, 0.25) is 0 Å². The molecule has 0 aromatic heterocycles. The first kappa shape index (κ1) is 12.4. The summed E-state index contributed by atoms with van der Waals surface area (Å²) in [5.41, 5.74) is 0.626. The molecule has 0 bridgehead atoms. The summed E-state index contributed by atoms with van der Waals surface area (Å²) in [6.07, 6.45) is -0.0427. The minimum absolute atomic E-state index is 0.0664. The summed E-state index contributed by atoms with van der Waals surface area (Å²) in [7, 11) is 0. The highest BCUT2D eigenvalue weighted by molar-refractivity contribution is 5.51. The lowest BCUT2D eigenvalue weighted by molar-refractivity contribution is -0.386. The van der Waals surface area contributed by atoms with Crippen LogP contribution in [-0.4, -0.2) is 22.7 Å². The quantitative estimate of drug-likeness (QED) is 0.614. The first-order chi connectivity index (χ1) is 7.56. The van der Waals surface area contributed by atoms with Crippen molar-refractivity contribution in [2.75, 3.05) is 6.61 Å². The van der Waals surface area contributed by atoms with Gasteiger partial charge in [0.05, 0.1) is 11.0 Å². The highest BCUT2D eigenvalue weighted by Crippen LogP contribution is 2.30. The lowest BCUT2D eigenvalue weighted by Crippen LogP contribution is -2.16. The SMILES string of the molecule is CCC(O)COc1c(C)cccc1[N+](=O)[O-]. The average molecular weight is 225 g/mol. The second kappa shape index (κ2) is 5.46. The van der Waals surface area contributed by atoms with E-state index in [1.807, 2.05) is 6.92 Å². The van der Waals surface area contributed by atoms with Gasteiger partial charge in [0, 0.05) is 6.07 Å². The molecule has 0 amide bonds. The van der Waals surface area contributed by atoms with E-state index in [2.05, 4.69) is 0 Å². The minimum Gasteiger partial charge on any atom is -0.484 e. The monoisotopic (exact) mass is 225 g/mol. The zero-order valence-corrected chi connectivity index (χ0v) is 9.34. The van der Waals surface area contributed by atoms with E-state index in [4.69, 9.17) is 4.74 Å². The molecular weight excluding hydrogens is 210 g/mol. The molecule has 0 spiro atoms. The molecule has 0 heterocycles. The molecule has 0 saturated heterocycles. The normalized spacial score (nSPS) is 12.2. The summed E-state index contributed by atoms with van der Waals surface area (Å²) < 4.78 is 5.29. The predicted molar refractivity (Wildman–Crippen MR) is 59.6 cm³/mol. The van der Waals surface area contributed by atoms with Crippen molar-refractivity contribution < 1.29 is 14.8 Å². The number of para-hydroxylation sites is 1. The van der Waals surface area contributed by atoms with Crippen LogP contribution in [0, 0.1) is 17.0 Å². The van der Waals surface area contributed by atoms with E-state index in [-0.39, 0.29) is 18.0 Å². The lowest BCUT2D eigenvalue weighted by atomic mass is 10.2. The van der Waals surface area contributed by atoms with Crippen LogP contribution < -0.4 is 4.74 Å². The Kier molecular flexibility index (Phi) is 4.25. The van der Waals surface area contributed by atoms with Crippen LogP contribution in [0.4, 0.5) is 5.69 Å². The Morgan fingerprint density at radius 3 is 2.81 bits per heavy atom. The van der Waals surface area contributed by atoms with Crippen LogP contribution in [0.3, 0.4) is 0 Å². The third-order valence-corrected chi connectivity index (χ3v) is 2.28. The van der Waals surface area contributed by atoms with Crippen molar-refractivity contribution in [1.82, 2.24) is 0 Å². The molecule has 0 aliphatic rings. The first-order valence-corrected chi connectivity index (χ1v) is 5.11. The number of aryl methyl sites for hydroxylation is 1. The Bertz CT molecular complexity index is 378. The van der Waals surface area contributed by atoms with Gasteiger partial charge in [-0.15, -0.1) is 0 Å². The maximum atomic E-state index is 10.8. The molecule has 1 rings (SSSR count). The number of rotatable bonds is 5. The van der Waals surface area contributed by atoms with E-state index in [0.29, 0.717) is 12.0 Å². The number of benzene rings is 1. The topological polar surface area (TPSA) is 72.6 Å². The first-order valence-electron chi connectivity index (χ1n) is 5.11. The van der Waals surface area contributed by atoms with Crippen LogP contribution in [-0.2, 0) is 0 Å². The van der Waals surface area contributed by atoms with Crippen molar-refractivity contribution in [1.29, 1.82) is 0 Å². The fourth-order valence-corrected chi connectivity index (χ4v) is 1.27. The van der Waals surface area contributed by atoms with Gasteiger partial charge >= 0.3 is 5.69 Å². The lowest BCUT2D eigenvalue weighted by Gasteiger charge is -2.12. The molecular formula is C11H15NO4. The molecule has 1 unspecified atom stereocenters. The minimum atomic E-state index is -0.598. The van der Waals surface area contributed by atoms with E-state index >= 15 is 0 Å². The van der Waals surface area contributed by atoms with E-state index in [1.54, 1.807) is 19.1 Å². The van der Waals surface area contributed by atoms with Crippen molar-refractivity contribution in [3.63, 3.8) is 0 Å². The van der Waals surface area contributed by atoms with Gasteiger partial charge in [-0.2, -0.15) is 0 Å². The van der Waals surface area contributed by atoms with Gasteiger partial charge in [0.25, 0.3) is 0 Å². The largest absolute Gasteiger partial charge is 0.484 e. The van der Waals surface area contributed by atoms with E-state index in [9.17, 15) is 15.2 Å². The smallest absolute Gasteiger partial charge is 0.311 e. The number of nitrogens with zero attached hydrogens (tertiary/aromatic N) is 1. The van der Waals surface area contributed by atoms with Gasteiger partial charge in [-0.25, -0.2) is 0 Å². The Hall–Kier alpha value is -1.62. The molecule has 1 aromatic carbocycles. The van der Waals surface area contributed by atoms with Crippen LogP contribution in [0.15, 0.2) is 18.2 Å². The summed E-state index contributed by atoms with van der Waals surface area (Å²) in [6, 6.07) is 4.73. The average Bonchev–Trinajstić information content (AvgIpc) is 2.26. The summed E-state index contributed by atoms with van der Waals surface area (Å²) in [5.74, 6) is 0.236. The van der Waals surface area contributed by atoms with E-state index < -0.39 is 11.0 Å². The maximum absolute atomic E-state index is 10.8. The Morgan fingerprint density at radius 1 is 1.56 bits per heavy atom. The number of aliphatic hydroxyl groups excluding tert-OH is 1. The number of hydrogen-bond donors (Lipinski definition) is 1. The molecule has 0 aliphatic heterocycles. The second-order valence-corrected chi connectivity index (χ2v) is 3.55. The van der Waals surface area contributed by atoms with Gasteiger partial charge in [0.2, 0.25) is 0 Å². The summed E-state index contributed by atoms with van der Waals surface area (Å²) in [4.78, 5) is 10.3. The molecule has 5 heteroatoms. The van der Waals surface area contributed by atoms with Crippen molar-refractivity contribution in [2.45, 2.75) is 26.4 Å². The van der Waals surface area contributed by atoms with Crippen LogP contribution in [0.1, 0.15) is 18.9 Å². The van der Waals surface area contributed by atoms with Crippen molar-refractivity contribution in [3.05, 3.63) is 33.9 Å². The zero-order valence-electron chi connectivity index (χ0n) is 9.34. The molecule has 88 valence electrons. The number of ether oxygens (including phenoxy) is 1. The molecule has 0 fully saturated rings. The van der Waals surface area contributed by atoms with E-state index in [0.717, 1.165) is 0 Å². The molecule has 5 nitrogen and oxygen atoms in total. The maximum Gasteiger partial charge on any atom is 0.311 e. The highest BCUT2D eigenvalue weighted by Gasteiger charge is 2.17. The molecule has 16 heavy (non-hydrogen) atoms. The molecule has 1 atom stereocenters. The Labute approximate surface area is 93.8 Å². The number of nitro benzene ring substituents is 1. The summed E-state index contributed by atoms with van der Waals surface area (Å²) >= 11 is 0. The second-order valence-electron chi connectivity index (χ2n) is 3.55. The van der Waals surface area contributed by atoms with Crippen molar-refractivity contribution in [2.24, 2.45) is 0 Å². The summed E-state index contributed by atoms with van der Waals surface area (Å²) in [5, 5.41) is 20.1. The number of aliphatic hydroxyl groups is 1. The van der Waals surface area contributed by atoms with Gasteiger partial charge in [0.1, 0.15) is 6.61 Å². The molecule has 0 saturated carbocycles. The van der Waals surface area contributed by atoms with Gasteiger partial charge < -0.3 is 9.84 Å². The summed E-state index contributed by atoms with van der Waals surface area (Å²) in [6.45, 7) is 3.63. The Morgan fingerprint density at radius 2 is 2.25 bits per heavy atom. The van der Waals surface area contributed by atoms with Crippen LogP contribution in [0.5, 0.6) is 5.75 Å². The Balaban J connectivity index is 2.88. The predicted octanol–water partition coefficient (Wildman–Crippen LogP) is 2.05. The third kappa shape index (κ3) is 2.93. The van der Waals surface area contributed by atoms with Gasteiger partial charge in [0.15, 0.2) is 5.75 Å². The van der Waals surface area contributed by atoms with Gasteiger partial charge in [-0.3, -0.25) is 10.1 Å². The molecule has 1 N–H and O–H groups in total. The van der Waals surface area contributed by atoms with Gasteiger partial charge in [-0.05, 0) is 18.9 Å². The standard InChI is InChI=1S/C11H15NO4/c1-3-9(13)7-16-11-8(2)5-4-6-10(11)12(14)15/h4-6,9,13H,3,7H2,1-2H3. The highest BCUT2D eigenvalue weighted by atomic mass is 16.6. The van der Waals surface area contributed by atoms with Crippen LogP contribution >= 0.6 is 0 Å².